The van der Waals surface area contributed by atoms with Gasteiger partial charge in [0.05, 0.1) is 13.2 Å². The largest absolute Gasteiger partial charge is 0.379 e. The van der Waals surface area contributed by atoms with Gasteiger partial charge in [-0.15, -0.1) is 13.2 Å². The van der Waals surface area contributed by atoms with Crippen LogP contribution in [0.3, 0.4) is 0 Å². The standard InChI is InChI=1S/C21H39N5O/c1-6-9-25(10-7-2)20(18(3)4)16-23-21(22-5)26-11-8-19(17-26)24-12-14-27-15-13-24/h6-7,18-20H,1-2,8-17H2,3-5H3,(H,22,23). The highest BCUT2D eigenvalue weighted by atomic mass is 16.5. The van der Waals surface area contributed by atoms with Crippen molar-refractivity contribution in [1.29, 1.82) is 0 Å². The van der Waals surface area contributed by atoms with Gasteiger partial charge in [-0.1, -0.05) is 26.0 Å². The number of likely N-dealkylation sites (tertiary alicyclic amines) is 1. The van der Waals surface area contributed by atoms with Gasteiger partial charge in [0, 0.05) is 64.9 Å². The Hall–Kier alpha value is -1.37. The summed E-state index contributed by atoms with van der Waals surface area (Å²) < 4.78 is 5.49. The van der Waals surface area contributed by atoms with Gasteiger partial charge in [0.15, 0.2) is 5.96 Å². The third kappa shape index (κ3) is 6.33. The van der Waals surface area contributed by atoms with Gasteiger partial charge in [-0.3, -0.25) is 14.8 Å². The van der Waals surface area contributed by atoms with Gasteiger partial charge in [-0.2, -0.15) is 0 Å². The second-order valence-electron chi connectivity index (χ2n) is 7.81. The summed E-state index contributed by atoms with van der Waals surface area (Å²) in [5.41, 5.74) is 0. The van der Waals surface area contributed by atoms with E-state index in [9.17, 15) is 0 Å². The minimum atomic E-state index is 0.412. The first-order valence-electron chi connectivity index (χ1n) is 10.3. The maximum Gasteiger partial charge on any atom is 0.193 e. The molecule has 0 bridgehead atoms. The van der Waals surface area contributed by atoms with E-state index in [0.29, 0.717) is 18.0 Å². The van der Waals surface area contributed by atoms with Crippen molar-refractivity contribution in [1.82, 2.24) is 20.0 Å². The number of guanidine groups is 1. The van der Waals surface area contributed by atoms with Crippen molar-refractivity contribution in [2.45, 2.75) is 32.4 Å². The molecule has 0 aliphatic carbocycles. The number of hydrogen-bond donors (Lipinski definition) is 1. The topological polar surface area (TPSA) is 43.3 Å². The first kappa shape index (κ1) is 21.9. The molecule has 0 aromatic carbocycles. The lowest BCUT2D eigenvalue weighted by Gasteiger charge is -2.35. The second-order valence-corrected chi connectivity index (χ2v) is 7.81. The van der Waals surface area contributed by atoms with Crippen molar-refractivity contribution in [3.05, 3.63) is 25.3 Å². The van der Waals surface area contributed by atoms with Crippen LogP contribution in [0.2, 0.25) is 0 Å². The summed E-state index contributed by atoms with van der Waals surface area (Å²) in [6.45, 7) is 20.9. The third-order valence-corrected chi connectivity index (χ3v) is 5.67. The zero-order chi connectivity index (χ0) is 19.6. The summed E-state index contributed by atoms with van der Waals surface area (Å²) in [4.78, 5) is 12.0. The smallest absolute Gasteiger partial charge is 0.193 e. The number of nitrogens with zero attached hydrogens (tertiary/aromatic N) is 4. The van der Waals surface area contributed by atoms with E-state index in [2.05, 4.69) is 52.0 Å². The first-order valence-corrected chi connectivity index (χ1v) is 10.3. The normalized spacial score (nSPS) is 23.1. The first-order chi connectivity index (χ1) is 13.1. The molecule has 0 aromatic rings. The van der Waals surface area contributed by atoms with Crippen LogP contribution in [0.15, 0.2) is 30.3 Å². The van der Waals surface area contributed by atoms with E-state index in [1.165, 1.54) is 6.42 Å². The third-order valence-electron chi connectivity index (χ3n) is 5.67. The molecule has 0 amide bonds. The molecule has 0 saturated carbocycles. The van der Waals surface area contributed by atoms with E-state index >= 15 is 0 Å². The Morgan fingerprint density at radius 1 is 1.22 bits per heavy atom. The molecule has 6 heteroatoms. The van der Waals surface area contributed by atoms with Gasteiger partial charge in [0.1, 0.15) is 0 Å². The molecule has 2 atom stereocenters. The second kappa shape index (κ2) is 11.5. The monoisotopic (exact) mass is 377 g/mol. The van der Waals surface area contributed by atoms with Crippen molar-refractivity contribution in [3.8, 4) is 0 Å². The lowest BCUT2D eigenvalue weighted by atomic mass is 10.0. The lowest BCUT2D eigenvalue weighted by molar-refractivity contribution is 0.0194. The summed E-state index contributed by atoms with van der Waals surface area (Å²) in [6.07, 6.45) is 5.15. The average molecular weight is 378 g/mol. The van der Waals surface area contributed by atoms with E-state index in [0.717, 1.165) is 65.0 Å². The maximum absolute atomic E-state index is 5.49. The zero-order valence-electron chi connectivity index (χ0n) is 17.6. The highest BCUT2D eigenvalue weighted by molar-refractivity contribution is 5.80. The summed E-state index contributed by atoms with van der Waals surface area (Å²) in [6, 6.07) is 1.03. The zero-order valence-corrected chi connectivity index (χ0v) is 17.6. The molecule has 6 nitrogen and oxygen atoms in total. The minimum absolute atomic E-state index is 0.412. The molecule has 0 radical (unpaired) electrons. The average Bonchev–Trinajstić information content (AvgIpc) is 3.16. The minimum Gasteiger partial charge on any atom is -0.379 e. The highest BCUT2D eigenvalue weighted by Crippen LogP contribution is 2.17. The van der Waals surface area contributed by atoms with Crippen LogP contribution in [-0.2, 0) is 4.74 Å². The van der Waals surface area contributed by atoms with Gasteiger partial charge in [0.2, 0.25) is 0 Å². The van der Waals surface area contributed by atoms with Crippen LogP contribution >= 0.6 is 0 Å². The summed E-state index contributed by atoms with van der Waals surface area (Å²) in [5, 5.41) is 3.64. The molecule has 0 spiro atoms. The fourth-order valence-electron chi connectivity index (χ4n) is 4.17. The van der Waals surface area contributed by atoms with E-state index in [4.69, 9.17) is 4.74 Å². The highest BCUT2D eigenvalue weighted by Gasteiger charge is 2.30. The summed E-state index contributed by atoms with van der Waals surface area (Å²) in [7, 11) is 1.89. The molecule has 27 heavy (non-hydrogen) atoms. The number of nitrogens with one attached hydrogen (secondary N) is 1. The van der Waals surface area contributed by atoms with Crippen molar-refractivity contribution >= 4 is 5.96 Å². The molecule has 2 aliphatic rings. The SMILES string of the molecule is C=CCN(CC=C)C(CNC(=NC)N1CCC(N2CCOCC2)C1)C(C)C. The summed E-state index contributed by atoms with van der Waals surface area (Å²) in [5.74, 6) is 1.56. The lowest BCUT2D eigenvalue weighted by Crippen LogP contribution is -2.51. The Morgan fingerprint density at radius 3 is 2.44 bits per heavy atom. The molecule has 1 N–H and O–H groups in total. The van der Waals surface area contributed by atoms with Gasteiger partial charge in [-0.25, -0.2) is 0 Å². The molecular formula is C21H39N5O. The van der Waals surface area contributed by atoms with Crippen molar-refractivity contribution < 1.29 is 4.74 Å². The Balaban J connectivity index is 1.91. The molecular weight excluding hydrogens is 338 g/mol. The molecule has 2 fully saturated rings. The predicted octanol–water partition coefficient (Wildman–Crippen LogP) is 1.67. The van der Waals surface area contributed by atoms with Crippen molar-refractivity contribution in [3.63, 3.8) is 0 Å². The molecule has 2 rings (SSSR count). The number of rotatable bonds is 9. The van der Waals surface area contributed by atoms with Crippen molar-refractivity contribution in [2.75, 3.05) is 66.1 Å². The predicted molar refractivity (Wildman–Crippen MR) is 114 cm³/mol. The Morgan fingerprint density at radius 2 is 1.89 bits per heavy atom. The van der Waals surface area contributed by atoms with Gasteiger partial charge >= 0.3 is 0 Å². The molecule has 0 aromatic heterocycles. The number of aliphatic imine (C=N–C) groups is 1. The Bertz CT molecular complexity index is 477. The molecule has 154 valence electrons. The molecule has 2 saturated heterocycles. The number of morpholine rings is 1. The summed E-state index contributed by atoms with van der Waals surface area (Å²) >= 11 is 0. The van der Waals surface area contributed by atoms with E-state index in [1.54, 1.807) is 0 Å². The Labute approximate surface area is 165 Å². The van der Waals surface area contributed by atoms with Crippen LogP contribution in [-0.4, -0.2) is 98.8 Å². The van der Waals surface area contributed by atoms with Gasteiger partial charge in [0.25, 0.3) is 0 Å². The van der Waals surface area contributed by atoms with Crippen LogP contribution in [0.25, 0.3) is 0 Å². The van der Waals surface area contributed by atoms with E-state index in [-0.39, 0.29) is 0 Å². The number of ether oxygens (including phenoxy) is 1. The van der Waals surface area contributed by atoms with Gasteiger partial charge in [-0.05, 0) is 12.3 Å². The number of hydrogen-bond acceptors (Lipinski definition) is 4. The van der Waals surface area contributed by atoms with Crippen LogP contribution in [0.4, 0.5) is 0 Å². The fraction of sp³-hybridized carbons (Fsp3) is 0.762. The van der Waals surface area contributed by atoms with E-state index < -0.39 is 0 Å². The van der Waals surface area contributed by atoms with Gasteiger partial charge < -0.3 is 15.0 Å². The van der Waals surface area contributed by atoms with Crippen molar-refractivity contribution in [2.24, 2.45) is 10.9 Å². The van der Waals surface area contributed by atoms with Crippen LogP contribution in [0, 0.1) is 5.92 Å². The Kier molecular flexibility index (Phi) is 9.31. The molecule has 2 heterocycles. The van der Waals surface area contributed by atoms with E-state index in [1.807, 2.05) is 19.2 Å². The van der Waals surface area contributed by atoms with Crippen LogP contribution < -0.4 is 5.32 Å². The van der Waals surface area contributed by atoms with Crippen LogP contribution in [0.5, 0.6) is 0 Å². The maximum atomic E-state index is 5.49. The quantitative estimate of drug-likeness (QED) is 0.376. The molecule has 2 unspecified atom stereocenters. The molecule has 2 aliphatic heterocycles. The fourth-order valence-corrected chi connectivity index (χ4v) is 4.17. The van der Waals surface area contributed by atoms with Crippen LogP contribution in [0.1, 0.15) is 20.3 Å².